The number of Topliss-reactive ketones (excluding diaryl/α,β-unsaturated/α-hetero) is 1. The molecule has 0 radical (unpaired) electrons. The largest absolute Gasteiger partial charge is 0.480 e. The van der Waals surface area contributed by atoms with Gasteiger partial charge in [-0.05, 0) is 115 Å². The zero-order valence-corrected chi connectivity index (χ0v) is 35.2. The topological polar surface area (TPSA) is 180 Å². The Morgan fingerprint density at radius 3 is 2.18 bits per heavy atom. The molecule has 10 atom stereocenters. The Kier molecular flexibility index (Phi) is 21.1. The van der Waals surface area contributed by atoms with Crippen LogP contribution in [-0.2, 0) is 33.4 Å². The number of rotatable bonds is 24. The second-order valence-corrected chi connectivity index (χ2v) is 16.6. The monoisotopic (exact) mass is 790 g/mol. The standard InChI is InChI=1S/C44H71NO11/c1-10-13-34(38(46)17-15-28(2)20-29(3)22-33-16-18-39(47)40(26-33)56-9)23-30(4)21-31(5)24-35(54-7)27-36(55-8)25-32(6)44(52,53)41(48)42(49)45-19-12-11-14-37(45)43(50)51/h10,15,17,22-23,28,31-37,39-40,47,52-53H,1,11-14,16,18-21,24-27H2,2-9H3,(H,50,51)/b17-15+,29-22+,30-23+/t28-,31-,32+,33-,34+,35-,36-,37-,39+,40+/m0/s1. The molecule has 1 aliphatic carbocycles. The first-order chi connectivity index (χ1) is 26.4. The van der Waals surface area contributed by atoms with Gasteiger partial charge in [-0.25, -0.2) is 4.79 Å². The van der Waals surface area contributed by atoms with Gasteiger partial charge in [0.1, 0.15) is 6.04 Å². The lowest BCUT2D eigenvalue weighted by atomic mass is 9.83. The van der Waals surface area contributed by atoms with Gasteiger partial charge in [-0.2, -0.15) is 0 Å². The number of ketones is 2. The van der Waals surface area contributed by atoms with Crippen LogP contribution >= 0.6 is 0 Å². The fourth-order valence-electron chi connectivity index (χ4n) is 8.29. The first-order valence-electron chi connectivity index (χ1n) is 20.3. The highest BCUT2D eigenvalue weighted by Gasteiger charge is 2.47. The average molecular weight is 790 g/mol. The van der Waals surface area contributed by atoms with Crippen molar-refractivity contribution in [1.29, 1.82) is 0 Å². The SMILES string of the molecule is C=CC[C@H](/C=C(\C)C[C@H](C)C[C@@H](C[C@H](C[C@@H](C)C(O)(O)C(=O)C(=O)N1CCCC[C@H]1C(=O)O)OC)OC)C(=O)/C=C/[C@H](C)C/C(C)=C/[C@@H]1CC[C@@H](O)[C@H](OC)C1. The Bertz CT molecular complexity index is 1390. The van der Waals surface area contributed by atoms with Crippen molar-refractivity contribution < 1.29 is 53.8 Å². The number of carbonyl (C=O) groups is 4. The molecule has 1 heterocycles. The van der Waals surface area contributed by atoms with Gasteiger partial charge in [-0.3, -0.25) is 14.4 Å². The summed E-state index contributed by atoms with van der Waals surface area (Å²) in [6, 6.07) is -1.18. The molecule has 12 nitrogen and oxygen atoms in total. The van der Waals surface area contributed by atoms with Gasteiger partial charge in [0.2, 0.25) is 5.79 Å². The third-order valence-corrected chi connectivity index (χ3v) is 11.5. The van der Waals surface area contributed by atoms with E-state index in [-0.39, 0.29) is 55.1 Å². The highest BCUT2D eigenvalue weighted by molar-refractivity contribution is 6.39. The molecule has 318 valence electrons. The molecule has 1 saturated heterocycles. The Balaban J connectivity index is 1.96. The zero-order valence-electron chi connectivity index (χ0n) is 35.2. The number of hydrogen-bond donors (Lipinski definition) is 4. The van der Waals surface area contributed by atoms with Crippen molar-refractivity contribution in [3.8, 4) is 0 Å². The molecular weight excluding hydrogens is 718 g/mol. The van der Waals surface area contributed by atoms with Crippen LogP contribution in [0.2, 0.25) is 0 Å². The molecule has 1 amide bonds. The van der Waals surface area contributed by atoms with Crippen LogP contribution < -0.4 is 0 Å². The molecule has 56 heavy (non-hydrogen) atoms. The highest BCUT2D eigenvalue weighted by atomic mass is 16.5. The van der Waals surface area contributed by atoms with Crippen molar-refractivity contribution >= 4 is 23.4 Å². The van der Waals surface area contributed by atoms with E-state index in [0.29, 0.717) is 38.0 Å². The van der Waals surface area contributed by atoms with E-state index in [1.807, 2.05) is 19.1 Å². The van der Waals surface area contributed by atoms with Crippen molar-refractivity contribution in [3.05, 3.63) is 48.1 Å². The second-order valence-electron chi connectivity index (χ2n) is 16.6. The van der Waals surface area contributed by atoms with Crippen LogP contribution in [0, 0.1) is 29.6 Å². The fourth-order valence-corrected chi connectivity index (χ4v) is 8.29. The van der Waals surface area contributed by atoms with Crippen LogP contribution in [0.25, 0.3) is 0 Å². The molecule has 0 unspecified atom stereocenters. The molecular formula is C44H71NO11. The Morgan fingerprint density at radius 2 is 1.57 bits per heavy atom. The predicted molar refractivity (Wildman–Crippen MR) is 215 cm³/mol. The molecule has 0 spiro atoms. The maximum atomic E-state index is 13.3. The molecule has 12 heteroatoms. The van der Waals surface area contributed by atoms with Crippen LogP contribution in [0.3, 0.4) is 0 Å². The number of nitrogens with zero attached hydrogens (tertiary/aromatic N) is 1. The van der Waals surface area contributed by atoms with E-state index in [2.05, 4.69) is 33.4 Å². The van der Waals surface area contributed by atoms with Crippen LogP contribution in [0.4, 0.5) is 0 Å². The molecule has 0 aromatic carbocycles. The molecule has 4 N–H and O–H groups in total. The predicted octanol–water partition coefficient (Wildman–Crippen LogP) is 5.98. The number of aliphatic hydroxyl groups excluding tert-OH is 1. The minimum atomic E-state index is -3.01. The molecule has 0 aromatic heterocycles. The van der Waals surface area contributed by atoms with Gasteiger partial charge in [-0.1, -0.05) is 56.2 Å². The number of carbonyl (C=O) groups excluding carboxylic acids is 3. The van der Waals surface area contributed by atoms with Crippen molar-refractivity contribution in [2.75, 3.05) is 27.9 Å². The molecule has 1 saturated carbocycles. The minimum Gasteiger partial charge on any atom is -0.480 e. The summed E-state index contributed by atoms with van der Waals surface area (Å²) in [7, 11) is 4.73. The second kappa shape index (κ2) is 24.0. The van der Waals surface area contributed by atoms with Gasteiger partial charge < -0.3 is 39.5 Å². The number of carboxylic acid groups (broad SMARTS) is 1. The van der Waals surface area contributed by atoms with Crippen molar-refractivity contribution in [2.45, 2.75) is 148 Å². The number of amides is 1. The van der Waals surface area contributed by atoms with Crippen molar-refractivity contribution in [1.82, 2.24) is 4.90 Å². The minimum absolute atomic E-state index is 0.0306. The number of aliphatic hydroxyl groups is 3. The molecule has 2 aliphatic rings. The van der Waals surface area contributed by atoms with Gasteiger partial charge in [-0.15, -0.1) is 6.58 Å². The quantitative estimate of drug-likeness (QED) is 0.0391. The summed E-state index contributed by atoms with van der Waals surface area (Å²) in [6.07, 6.45) is 15.4. The van der Waals surface area contributed by atoms with E-state index in [9.17, 15) is 39.6 Å². The van der Waals surface area contributed by atoms with E-state index >= 15 is 0 Å². The van der Waals surface area contributed by atoms with Crippen LogP contribution in [0.15, 0.2) is 48.1 Å². The van der Waals surface area contributed by atoms with Crippen molar-refractivity contribution in [2.24, 2.45) is 29.6 Å². The number of aliphatic carboxylic acids is 1. The lowest BCUT2D eigenvalue weighted by Crippen LogP contribution is -2.57. The van der Waals surface area contributed by atoms with E-state index in [1.165, 1.54) is 19.6 Å². The number of carboxylic acids is 1. The van der Waals surface area contributed by atoms with Gasteiger partial charge in [0, 0.05) is 39.7 Å². The summed E-state index contributed by atoms with van der Waals surface area (Å²) >= 11 is 0. The third-order valence-electron chi connectivity index (χ3n) is 11.5. The van der Waals surface area contributed by atoms with Gasteiger partial charge in [0.25, 0.3) is 11.7 Å². The number of allylic oxidation sites excluding steroid dienone is 7. The normalized spacial score (nSPS) is 24.6. The number of ether oxygens (including phenoxy) is 3. The summed E-state index contributed by atoms with van der Waals surface area (Å²) in [5.41, 5.74) is 2.34. The smallest absolute Gasteiger partial charge is 0.326 e. The lowest BCUT2D eigenvalue weighted by molar-refractivity contribution is -0.208. The summed E-state index contributed by atoms with van der Waals surface area (Å²) in [5, 5.41) is 41.3. The molecule has 0 aromatic rings. The van der Waals surface area contributed by atoms with E-state index in [0.717, 1.165) is 42.6 Å². The molecule has 1 aliphatic heterocycles. The first-order valence-corrected chi connectivity index (χ1v) is 20.3. The number of hydrogen-bond acceptors (Lipinski definition) is 10. The Morgan fingerprint density at radius 1 is 0.911 bits per heavy atom. The summed E-state index contributed by atoms with van der Waals surface area (Å²) in [6.45, 7) is 13.7. The zero-order chi connectivity index (χ0) is 42.2. The van der Waals surface area contributed by atoms with E-state index < -0.39 is 47.6 Å². The lowest BCUT2D eigenvalue weighted by Gasteiger charge is -2.35. The highest BCUT2D eigenvalue weighted by Crippen LogP contribution is 2.31. The maximum Gasteiger partial charge on any atom is 0.326 e. The third kappa shape index (κ3) is 15.4. The molecule has 0 bridgehead atoms. The average Bonchev–Trinajstić information content (AvgIpc) is 3.15. The van der Waals surface area contributed by atoms with Gasteiger partial charge in [0.05, 0.1) is 24.4 Å². The first kappa shape index (κ1) is 49.1. The Labute approximate surface area is 335 Å². The molecule has 2 rings (SSSR count). The van der Waals surface area contributed by atoms with E-state index in [4.69, 9.17) is 14.2 Å². The van der Waals surface area contributed by atoms with E-state index in [1.54, 1.807) is 26.4 Å². The summed E-state index contributed by atoms with van der Waals surface area (Å²) < 4.78 is 16.9. The van der Waals surface area contributed by atoms with Crippen molar-refractivity contribution in [3.63, 3.8) is 0 Å². The maximum absolute atomic E-state index is 13.3. The van der Waals surface area contributed by atoms with Gasteiger partial charge in [0.15, 0.2) is 5.78 Å². The van der Waals surface area contributed by atoms with Crippen LogP contribution in [-0.4, -0.2) is 113 Å². The summed E-state index contributed by atoms with van der Waals surface area (Å²) in [4.78, 5) is 51.9. The van der Waals surface area contributed by atoms with Crippen LogP contribution in [0.5, 0.6) is 0 Å². The summed E-state index contributed by atoms with van der Waals surface area (Å²) in [5.74, 6) is -7.57. The Hall–Kier alpha value is -3.00. The fraction of sp³-hybridized carbons (Fsp3) is 0.727. The number of methoxy groups -OCH3 is 3. The number of likely N-dealkylation sites (tertiary alicyclic amines) is 1. The molecule has 2 fully saturated rings. The number of piperidine rings is 1. The van der Waals surface area contributed by atoms with Gasteiger partial charge >= 0.3 is 5.97 Å². The van der Waals surface area contributed by atoms with Crippen LogP contribution in [0.1, 0.15) is 112 Å².